The number of hydrogen-bond acceptors (Lipinski definition) is 4. The molecule has 0 aliphatic rings. The quantitative estimate of drug-likeness (QED) is 0.766. The number of nitrogens with one attached hydrogen (secondary N) is 1. The van der Waals surface area contributed by atoms with Gasteiger partial charge in [-0.3, -0.25) is 0 Å². The summed E-state index contributed by atoms with van der Waals surface area (Å²) in [6.07, 6.45) is 0. The molecule has 4 amide bonds. The molecule has 90 valence electrons. The summed E-state index contributed by atoms with van der Waals surface area (Å²) >= 11 is 0. The third kappa shape index (κ3) is 3.00. The molecule has 1 aromatic rings. The highest BCUT2D eigenvalue weighted by molar-refractivity contribution is 6.01. The number of carbonyl (C=O) groups excluding carboxylic acids is 2. The first kappa shape index (κ1) is 12.6. The number of nitroso groups, excluding NO2 is 1. The van der Waals surface area contributed by atoms with E-state index in [1.54, 1.807) is 19.1 Å². The van der Waals surface area contributed by atoms with Gasteiger partial charge in [0.05, 0.1) is 5.69 Å². The molecule has 0 aliphatic carbocycles. The Morgan fingerprint density at radius 2 is 2.06 bits per heavy atom. The highest BCUT2D eigenvalue weighted by atomic mass is 16.3. The molecule has 7 heteroatoms. The molecule has 0 aromatic heterocycles. The van der Waals surface area contributed by atoms with E-state index in [4.69, 9.17) is 5.73 Å². The van der Waals surface area contributed by atoms with Crippen LogP contribution >= 0.6 is 0 Å². The van der Waals surface area contributed by atoms with Gasteiger partial charge in [0.1, 0.15) is 5.69 Å². The molecule has 0 saturated heterocycles. The van der Waals surface area contributed by atoms with Crippen molar-refractivity contribution in [3.8, 4) is 0 Å². The zero-order valence-electron chi connectivity index (χ0n) is 9.43. The first-order valence-corrected chi connectivity index (χ1v) is 4.74. The number of imide groups is 1. The number of carbonyl (C=O) groups is 2. The second-order valence-corrected chi connectivity index (χ2v) is 3.44. The Kier molecular flexibility index (Phi) is 3.76. The van der Waals surface area contributed by atoms with Crippen molar-refractivity contribution in [3.63, 3.8) is 0 Å². The topological polar surface area (TPSA) is 105 Å². The minimum Gasteiger partial charge on any atom is -0.351 e. The summed E-state index contributed by atoms with van der Waals surface area (Å²) in [4.78, 5) is 33.5. The lowest BCUT2D eigenvalue weighted by atomic mass is 10.2. The van der Waals surface area contributed by atoms with Crippen LogP contribution in [0.1, 0.15) is 5.56 Å². The molecule has 1 aromatic carbocycles. The van der Waals surface area contributed by atoms with Crippen LogP contribution in [0, 0.1) is 11.8 Å². The van der Waals surface area contributed by atoms with E-state index in [1.807, 2.05) is 0 Å². The third-order valence-electron chi connectivity index (χ3n) is 2.13. The number of hydrogen-bond donors (Lipinski definition) is 2. The van der Waals surface area contributed by atoms with Crippen LogP contribution in [0.5, 0.6) is 0 Å². The Morgan fingerprint density at radius 3 is 2.59 bits per heavy atom. The Balaban J connectivity index is 2.94. The monoisotopic (exact) mass is 236 g/mol. The van der Waals surface area contributed by atoms with E-state index in [9.17, 15) is 14.5 Å². The van der Waals surface area contributed by atoms with Crippen LogP contribution in [-0.4, -0.2) is 24.0 Å². The fourth-order valence-corrected chi connectivity index (χ4v) is 1.13. The number of nitrogens with zero attached hydrogens (tertiary/aromatic N) is 2. The number of aryl methyl sites for hydroxylation is 1. The lowest BCUT2D eigenvalue weighted by Crippen LogP contribution is -2.40. The lowest BCUT2D eigenvalue weighted by molar-refractivity contribution is 0.208. The summed E-state index contributed by atoms with van der Waals surface area (Å²) < 4.78 is 0. The summed E-state index contributed by atoms with van der Waals surface area (Å²) in [7, 11) is 1.22. The molecular weight excluding hydrogens is 224 g/mol. The van der Waals surface area contributed by atoms with Gasteiger partial charge >= 0.3 is 12.1 Å². The second-order valence-electron chi connectivity index (χ2n) is 3.44. The van der Waals surface area contributed by atoms with E-state index in [1.165, 1.54) is 13.1 Å². The third-order valence-corrected chi connectivity index (χ3v) is 2.13. The van der Waals surface area contributed by atoms with E-state index in [-0.39, 0.29) is 11.4 Å². The van der Waals surface area contributed by atoms with Crippen LogP contribution in [-0.2, 0) is 0 Å². The summed E-state index contributed by atoms with van der Waals surface area (Å²) in [5.41, 5.74) is 6.09. The number of amides is 4. The normalized spacial score (nSPS) is 9.53. The number of nitrogens with two attached hydrogens (primary N) is 1. The molecule has 3 N–H and O–H groups in total. The molecule has 0 radical (unpaired) electrons. The Hall–Kier alpha value is -2.44. The average molecular weight is 236 g/mol. The van der Waals surface area contributed by atoms with E-state index < -0.39 is 12.1 Å². The van der Waals surface area contributed by atoms with E-state index in [2.05, 4.69) is 10.5 Å². The predicted octanol–water partition coefficient (Wildman–Crippen LogP) is 1.94. The van der Waals surface area contributed by atoms with Crippen molar-refractivity contribution in [2.75, 3.05) is 12.4 Å². The zero-order valence-corrected chi connectivity index (χ0v) is 9.43. The standard InChI is InChI=1S/C10H12N4O3/c1-6-3-4-7(13-17)8(5-6)12-10(16)14(2)9(11)15/h3-5H,1-2H3,(H2,11,15)(H,12,16). The van der Waals surface area contributed by atoms with Crippen LogP contribution in [0.15, 0.2) is 23.4 Å². The van der Waals surface area contributed by atoms with Gasteiger partial charge in [0.2, 0.25) is 0 Å². The zero-order chi connectivity index (χ0) is 13.0. The molecule has 0 bridgehead atoms. The minimum atomic E-state index is -0.893. The summed E-state index contributed by atoms with van der Waals surface area (Å²) in [5.74, 6) is 0. The van der Waals surface area contributed by atoms with Crippen LogP contribution < -0.4 is 11.1 Å². The molecule has 0 aliphatic heterocycles. The van der Waals surface area contributed by atoms with Crippen LogP contribution in [0.4, 0.5) is 21.0 Å². The van der Waals surface area contributed by atoms with Crippen molar-refractivity contribution in [2.45, 2.75) is 6.92 Å². The predicted molar refractivity (Wildman–Crippen MR) is 63.0 cm³/mol. The highest BCUT2D eigenvalue weighted by Gasteiger charge is 2.15. The van der Waals surface area contributed by atoms with Gasteiger partial charge in [0, 0.05) is 7.05 Å². The van der Waals surface area contributed by atoms with Gasteiger partial charge in [-0.1, -0.05) is 6.07 Å². The average Bonchev–Trinajstić information content (AvgIpc) is 2.28. The van der Waals surface area contributed by atoms with Gasteiger partial charge in [0.15, 0.2) is 0 Å². The number of rotatable bonds is 2. The van der Waals surface area contributed by atoms with Crippen molar-refractivity contribution in [3.05, 3.63) is 28.7 Å². The maximum atomic E-state index is 11.5. The minimum absolute atomic E-state index is 0.0850. The number of primary amides is 1. The van der Waals surface area contributed by atoms with Gasteiger partial charge in [-0.25, -0.2) is 14.5 Å². The van der Waals surface area contributed by atoms with Crippen LogP contribution in [0.3, 0.4) is 0 Å². The summed E-state index contributed by atoms with van der Waals surface area (Å²) in [6, 6.07) is 3.11. The molecule has 0 unspecified atom stereocenters. The number of anilines is 1. The highest BCUT2D eigenvalue weighted by Crippen LogP contribution is 2.25. The van der Waals surface area contributed by atoms with E-state index in [0.717, 1.165) is 5.56 Å². The van der Waals surface area contributed by atoms with Crippen LogP contribution in [0.2, 0.25) is 0 Å². The molecular formula is C10H12N4O3. The molecule has 0 heterocycles. The molecule has 17 heavy (non-hydrogen) atoms. The molecule has 1 rings (SSSR count). The van der Waals surface area contributed by atoms with Gasteiger partial charge in [-0.05, 0) is 29.8 Å². The SMILES string of the molecule is Cc1ccc(N=O)c(NC(=O)N(C)C(N)=O)c1. The van der Waals surface area contributed by atoms with Crippen molar-refractivity contribution < 1.29 is 9.59 Å². The van der Waals surface area contributed by atoms with Gasteiger partial charge < -0.3 is 11.1 Å². The van der Waals surface area contributed by atoms with Gasteiger partial charge in [-0.15, -0.1) is 4.91 Å². The second kappa shape index (κ2) is 5.06. The first-order chi connectivity index (χ1) is 7.95. The molecule has 0 atom stereocenters. The largest absolute Gasteiger partial charge is 0.351 e. The fourth-order valence-electron chi connectivity index (χ4n) is 1.13. The molecule has 0 saturated carbocycles. The van der Waals surface area contributed by atoms with Crippen molar-refractivity contribution in [1.82, 2.24) is 4.90 Å². The maximum Gasteiger partial charge on any atom is 0.329 e. The van der Waals surface area contributed by atoms with Crippen molar-refractivity contribution in [1.29, 1.82) is 0 Å². The fraction of sp³-hybridized carbons (Fsp3) is 0.200. The van der Waals surface area contributed by atoms with Crippen molar-refractivity contribution >= 4 is 23.4 Å². The number of urea groups is 2. The Bertz CT molecular complexity index is 473. The first-order valence-electron chi connectivity index (χ1n) is 4.74. The molecule has 0 fully saturated rings. The van der Waals surface area contributed by atoms with E-state index in [0.29, 0.717) is 4.90 Å². The van der Waals surface area contributed by atoms with E-state index >= 15 is 0 Å². The Labute approximate surface area is 97.6 Å². The van der Waals surface area contributed by atoms with Gasteiger partial charge in [-0.2, -0.15) is 0 Å². The van der Waals surface area contributed by atoms with Crippen LogP contribution in [0.25, 0.3) is 0 Å². The Morgan fingerprint density at radius 1 is 1.41 bits per heavy atom. The summed E-state index contributed by atoms with van der Waals surface area (Å²) in [5, 5.41) is 5.15. The smallest absolute Gasteiger partial charge is 0.329 e. The van der Waals surface area contributed by atoms with Gasteiger partial charge in [0.25, 0.3) is 0 Å². The number of benzene rings is 1. The maximum absolute atomic E-state index is 11.5. The molecule has 7 nitrogen and oxygen atoms in total. The lowest BCUT2D eigenvalue weighted by Gasteiger charge is -2.14. The summed E-state index contributed by atoms with van der Waals surface area (Å²) in [6.45, 7) is 1.79. The molecule has 0 spiro atoms. The van der Waals surface area contributed by atoms with Crippen molar-refractivity contribution in [2.24, 2.45) is 10.9 Å².